The van der Waals surface area contributed by atoms with E-state index in [1.54, 1.807) is 6.92 Å². The number of hydrogen-bond acceptors (Lipinski definition) is 2. The van der Waals surface area contributed by atoms with Crippen LogP contribution in [0.2, 0.25) is 0 Å². The minimum Gasteiger partial charge on any atom is -0.855 e. The van der Waals surface area contributed by atoms with Crippen molar-refractivity contribution in [2.45, 2.75) is 6.92 Å². The van der Waals surface area contributed by atoms with Crippen LogP contribution in [-0.4, -0.2) is 21.3 Å². The molecule has 0 aromatic rings. The molecule has 0 rings (SSSR count). The maximum atomic E-state index is 8.93. The average Bonchev–Trinajstić information content (AvgIpc) is 1.27. The largest absolute Gasteiger partial charge is 1.00 e. The molecule has 0 saturated carbocycles. The van der Waals surface area contributed by atoms with Crippen LogP contribution in [0.5, 0.6) is 0 Å². The maximum Gasteiger partial charge on any atom is 1.00 e. The minimum absolute atomic E-state index is 0. The van der Waals surface area contributed by atoms with Crippen LogP contribution in [0, 0.1) is 0 Å². The normalized spacial score (nSPS) is 8.56. The Morgan fingerprint density at radius 3 is 1.44 bits per heavy atom. The maximum absolute atomic E-state index is 8.93. The van der Waals surface area contributed by atoms with Gasteiger partial charge in [0.25, 0.3) is 0 Å². The van der Waals surface area contributed by atoms with Gasteiger partial charge in [-0.2, -0.15) is 0 Å². The molecule has 52 valence electrons. The molecule has 0 aliphatic carbocycles. The molecule has 0 unspecified atom stereocenters. The Labute approximate surface area is 95.8 Å². The van der Waals surface area contributed by atoms with Gasteiger partial charge < -0.3 is 19.8 Å². The summed E-state index contributed by atoms with van der Waals surface area (Å²) in [5, 5.41) is 8.93. The Morgan fingerprint density at radius 2 is 1.44 bits per heavy atom. The predicted octanol–water partition coefficient (Wildman–Crippen LogP) is -4.56. The van der Waals surface area contributed by atoms with E-state index in [4.69, 9.17) is 24.4 Å². The van der Waals surface area contributed by atoms with E-state index in [9.17, 15) is 0 Å². The van der Waals surface area contributed by atoms with Crippen LogP contribution < -0.4 is 56.5 Å². The zero-order chi connectivity index (χ0) is 7.21. The second-order valence-electron chi connectivity index (χ2n) is 0.802. The number of phosphoric acid groups is 1. The third kappa shape index (κ3) is 198. The summed E-state index contributed by atoms with van der Waals surface area (Å²) in [6, 6.07) is 0. The first kappa shape index (κ1) is 17.0. The second kappa shape index (κ2) is 9.71. The predicted molar refractivity (Wildman–Crippen MR) is 24.8 cm³/mol. The summed E-state index contributed by atoms with van der Waals surface area (Å²) in [5.41, 5.74) is 0. The number of hydrogen-bond donors (Lipinski definition) is 3. The van der Waals surface area contributed by atoms with Gasteiger partial charge >= 0.3 is 59.2 Å². The fraction of sp³-hybridized carbons (Fsp3) is 1.00. The van der Waals surface area contributed by atoms with E-state index in [1.807, 2.05) is 0 Å². The van der Waals surface area contributed by atoms with Crippen molar-refractivity contribution >= 4 is 7.82 Å². The van der Waals surface area contributed by atoms with E-state index in [0.29, 0.717) is 0 Å². The smallest absolute Gasteiger partial charge is 0.855 e. The van der Waals surface area contributed by atoms with Gasteiger partial charge in [0.1, 0.15) is 0 Å². The summed E-state index contributed by atoms with van der Waals surface area (Å²) >= 11 is 0. The first-order valence-electron chi connectivity index (χ1n) is 1.78. The van der Waals surface area contributed by atoms with Crippen molar-refractivity contribution in [3.8, 4) is 0 Å². The number of rotatable bonds is 0. The van der Waals surface area contributed by atoms with Gasteiger partial charge in [-0.3, -0.25) is 0 Å². The Kier molecular flexibility index (Phi) is 18.3. The van der Waals surface area contributed by atoms with Gasteiger partial charge in [0.2, 0.25) is 0 Å². The Hall–Kier alpha value is 1.71. The standard InChI is InChI=1S/C2H5O.K.H3O4P/c1-2-3;;1-5(2,3)4/h2H2,1H3;;(H3,1,2,3,4)/q-1;+1;. The van der Waals surface area contributed by atoms with Crippen LogP contribution in [-0.2, 0) is 4.57 Å². The van der Waals surface area contributed by atoms with Gasteiger partial charge in [0, 0.05) is 0 Å². The van der Waals surface area contributed by atoms with Crippen LogP contribution in [0.4, 0.5) is 0 Å². The van der Waals surface area contributed by atoms with Gasteiger partial charge in [0.15, 0.2) is 0 Å². The van der Waals surface area contributed by atoms with E-state index in [0.717, 1.165) is 0 Å². The molecule has 0 heterocycles. The van der Waals surface area contributed by atoms with E-state index in [1.165, 1.54) is 0 Å². The van der Waals surface area contributed by atoms with E-state index >= 15 is 0 Å². The zero-order valence-electron chi connectivity index (χ0n) is 5.31. The Morgan fingerprint density at radius 1 is 1.44 bits per heavy atom. The molecule has 0 aliphatic heterocycles. The average molecular weight is 182 g/mol. The third-order valence-corrected chi connectivity index (χ3v) is 0. The van der Waals surface area contributed by atoms with Crippen molar-refractivity contribution in [3.05, 3.63) is 0 Å². The second-order valence-corrected chi connectivity index (χ2v) is 1.83. The fourth-order valence-corrected chi connectivity index (χ4v) is 0. The van der Waals surface area contributed by atoms with E-state index in [2.05, 4.69) is 0 Å². The summed E-state index contributed by atoms with van der Waals surface area (Å²) in [7, 11) is -4.64. The van der Waals surface area contributed by atoms with Gasteiger partial charge in [-0.05, 0) is 0 Å². The molecule has 0 bridgehead atoms. The molecule has 5 nitrogen and oxygen atoms in total. The van der Waals surface area contributed by atoms with Gasteiger partial charge in [-0.1, -0.05) is 6.92 Å². The van der Waals surface area contributed by atoms with Crippen LogP contribution in [0.25, 0.3) is 0 Å². The monoisotopic (exact) mass is 182 g/mol. The molecule has 0 aromatic heterocycles. The molecule has 0 fully saturated rings. The molecule has 9 heavy (non-hydrogen) atoms. The van der Waals surface area contributed by atoms with Crippen LogP contribution in [0.15, 0.2) is 0 Å². The van der Waals surface area contributed by atoms with Gasteiger partial charge in [0.05, 0.1) is 0 Å². The van der Waals surface area contributed by atoms with Crippen molar-refractivity contribution in [2.24, 2.45) is 0 Å². The van der Waals surface area contributed by atoms with Gasteiger partial charge in [-0.15, -0.1) is 6.61 Å². The van der Waals surface area contributed by atoms with E-state index in [-0.39, 0.29) is 58.0 Å². The zero-order valence-corrected chi connectivity index (χ0v) is 9.33. The van der Waals surface area contributed by atoms with Crippen molar-refractivity contribution in [3.63, 3.8) is 0 Å². The van der Waals surface area contributed by atoms with Crippen LogP contribution >= 0.6 is 7.82 Å². The first-order valence-corrected chi connectivity index (χ1v) is 3.34. The van der Waals surface area contributed by atoms with Crippen molar-refractivity contribution < 1.29 is 75.7 Å². The quantitative estimate of drug-likeness (QED) is 0.259. The summed E-state index contributed by atoms with van der Waals surface area (Å²) in [4.78, 5) is 21.6. The molecule has 0 spiro atoms. The molecule has 7 heteroatoms. The summed E-state index contributed by atoms with van der Waals surface area (Å²) in [5.74, 6) is 0. The fourth-order valence-electron chi connectivity index (χ4n) is 0. The minimum atomic E-state index is -4.64. The van der Waals surface area contributed by atoms with E-state index < -0.39 is 7.82 Å². The molecule has 0 amide bonds. The summed E-state index contributed by atoms with van der Waals surface area (Å²) in [6.45, 7) is 1.57. The Balaban J connectivity index is -0.0000000800. The molecule has 0 aromatic carbocycles. The first-order chi connectivity index (χ1) is 3.41. The van der Waals surface area contributed by atoms with Crippen LogP contribution in [0.3, 0.4) is 0 Å². The van der Waals surface area contributed by atoms with Crippen molar-refractivity contribution in [1.29, 1.82) is 0 Å². The topological polar surface area (TPSA) is 101 Å². The Bertz CT molecular complexity index is 70.8. The molecular formula is C2H8KO5P. The molecule has 0 radical (unpaired) electrons. The van der Waals surface area contributed by atoms with Crippen molar-refractivity contribution in [1.82, 2.24) is 0 Å². The SMILES string of the molecule is CC[O-].O=P(O)(O)O.[K+]. The molecule has 0 atom stereocenters. The van der Waals surface area contributed by atoms with Gasteiger partial charge in [-0.25, -0.2) is 4.57 Å². The molecule has 0 aliphatic rings. The molecule has 3 N–H and O–H groups in total. The van der Waals surface area contributed by atoms with Crippen LogP contribution in [0.1, 0.15) is 6.92 Å². The summed E-state index contributed by atoms with van der Waals surface area (Å²) in [6.07, 6.45) is 0. The third-order valence-electron chi connectivity index (χ3n) is 0. The van der Waals surface area contributed by atoms with Crippen molar-refractivity contribution in [2.75, 3.05) is 6.61 Å². The molecule has 0 saturated heterocycles. The molecular weight excluding hydrogens is 174 g/mol. The summed E-state index contributed by atoms with van der Waals surface area (Å²) < 4.78 is 8.88.